The predicted molar refractivity (Wildman–Crippen MR) is 91.3 cm³/mol. The van der Waals surface area contributed by atoms with Crippen molar-refractivity contribution >= 4 is 5.97 Å². The first-order valence-electron chi connectivity index (χ1n) is 9.59. The average molecular weight is 322 g/mol. The van der Waals surface area contributed by atoms with Crippen LogP contribution in [0.5, 0.6) is 0 Å². The number of ether oxygens (including phenoxy) is 1. The lowest BCUT2D eigenvalue weighted by Gasteiger charge is -2.60. The molecule has 6 atom stereocenters. The van der Waals surface area contributed by atoms with Gasteiger partial charge >= 0.3 is 5.97 Å². The lowest BCUT2D eigenvalue weighted by Crippen LogP contribution is -2.56. The summed E-state index contributed by atoms with van der Waals surface area (Å²) in [7, 11) is 0. The molecule has 0 aromatic rings. The molecule has 0 aromatic carbocycles. The van der Waals surface area contributed by atoms with Crippen LogP contribution in [0.3, 0.4) is 0 Å². The normalized spacial score (nSPS) is 47.1. The van der Waals surface area contributed by atoms with Crippen LogP contribution in [0, 0.1) is 28.6 Å². The molecule has 132 valence electrons. The van der Waals surface area contributed by atoms with Gasteiger partial charge in [-0.05, 0) is 61.7 Å². The van der Waals surface area contributed by atoms with E-state index in [4.69, 9.17) is 9.84 Å². The number of hydrogen-bond donors (Lipinski definition) is 1. The second-order valence-corrected chi connectivity index (χ2v) is 9.33. The number of carboxylic acids is 1. The second kappa shape index (κ2) is 5.75. The van der Waals surface area contributed by atoms with Gasteiger partial charge in [-0.1, -0.05) is 34.1 Å². The molecule has 3 aliphatic rings. The van der Waals surface area contributed by atoms with Crippen molar-refractivity contribution in [3.63, 3.8) is 0 Å². The van der Waals surface area contributed by atoms with Gasteiger partial charge in [0.15, 0.2) is 0 Å². The first-order valence-corrected chi connectivity index (χ1v) is 9.59. The van der Waals surface area contributed by atoms with Crippen LogP contribution in [0.1, 0.15) is 79.1 Å². The van der Waals surface area contributed by atoms with Gasteiger partial charge in [-0.3, -0.25) is 4.79 Å². The Labute approximate surface area is 141 Å². The van der Waals surface area contributed by atoms with E-state index in [1.165, 1.54) is 38.5 Å². The summed E-state index contributed by atoms with van der Waals surface area (Å²) in [6.07, 6.45) is 8.98. The minimum absolute atomic E-state index is 0.185. The van der Waals surface area contributed by atoms with Crippen molar-refractivity contribution in [2.24, 2.45) is 28.6 Å². The highest BCUT2D eigenvalue weighted by molar-refractivity contribution is 5.66. The van der Waals surface area contributed by atoms with Gasteiger partial charge in [0.1, 0.15) is 0 Å². The minimum Gasteiger partial charge on any atom is -0.481 e. The molecule has 1 aliphatic heterocycles. The topological polar surface area (TPSA) is 49.8 Å². The van der Waals surface area contributed by atoms with Gasteiger partial charge in [-0.2, -0.15) is 0 Å². The predicted octanol–water partition coefficient (Wildman–Crippen LogP) is 4.89. The van der Waals surface area contributed by atoms with Crippen LogP contribution in [0.2, 0.25) is 0 Å². The van der Waals surface area contributed by atoms with Gasteiger partial charge in [0.25, 0.3) is 0 Å². The zero-order valence-corrected chi connectivity index (χ0v) is 15.4. The molecule has 0 radical (unpaired) electrons. The van der Waals surface area contributed by atoms with Crippen LogP contribution >= 0.6 is 0 Å². The molecular weight excluding hydrogens is 288 g/mol. The number of fused-ring (bicyclic) bond motifs is 2. The molecule has 1 heterocycles. The van der Waals surface area contributed by atoms with Crippen molar-refractivity contribution in [1.29, 1.82) is 0 Å². The standard InChI is InChI=1S/C20H34O3/c1-14(12-17(21)22)7-10-18(3)15(2)8-11-19(4)16(18)6-5-9-20(19)13-23-20/h14-16H,5-13H2,1-4H3,(H,21,22)/t14-,15+,16+,18-,19+,20+/m0/s1. The van der Waals surface area contributed by atoms with Crippen molar-refractivity contribution in [3.8, 4) is 0 Å². The summed E-state index contributed by atoms with van der Waals surface area (Å²) in [6.45, 7) is 10.5. The summed E-state index contributed by atoms with van der Waals surface area (Å²) >= 11 is 0. The lowest BCUT2D eigenvalue weighted by atomic mass is 9.44. The molecule has 0 amide bonds. The third kappa shape index (κ3) is 2.73. The minimum atomic E-state index is -0.660. The maximum Gasteiger partial charge on any atom is 0.303 e. The molecule has 23 heavy (non-hydrogen) atoms. The number of epoxide rings is 1. The first-order chi connectivity index (χ1) is 10.7. The largest absolute Gasteiger partial charge is 0.481 e. The Bertz CT molecular complexity index is 470. The Kier molecular flexibility index (Phi) is 4.32. The highest BCUT2D eigenvalue weighted by Gasteiger charge is 2.67. The summed E-state index contributed by atoms with van der Waals surface area (Å²) in [6, 6.07) is 0. The van der Waals surface area contributed by atoms with Gasteiger partial charge in [-0.25, -0.2) is 0 Å². The molecule has 1 N–H and O–H groups in total. The van der Waals surface area contributed by atoms with Crippen molar-refractivity contribution < 1.29 is 14.6 Å². The van der Waals surface area contributed by atoms with E-state index in [2.05, 4.69) is 27.7 Å². The maximum atomic E-state index is 11.0. The molecular formula is C20H34O3. The first kappa shape index (κ1) is 17.3. The van der Waals surface area contributed by atoms with E-state index in [-0.39, 0.29) is 11.5 Å². The fourth-order valence-corrected chi connectivity index (χ4v) is 6.10. The quantitative estimate of drug-likeness (QED) is 0.733. The zero-order chi connectivity index (χ0) is 16.9. The van der Waals surface area contributed by atoms with Crippen LogP contribution in [-0.2, 0) is 9.53 Å². The van der Waals surface area contributed by atoms with Crippen LogP contribution in [0.15, 0.2) is 0 Å². The van der Waals surface area contributed by atoms with Crippen LogP contribution in [0.4, 0.5) is 0 Å². The van der Waals surface area contributed by atoms with Gasteiger partial charge in [-0.15, -0.1) is 0 Å². The summed E-state index contributed by atoms with van der Waals surface area (Å²) in [5, 5.41) is 9.03. The zero-order valence-electron chi connectivity index (χ0n) is 15.4. The van der Waals surface area contributed by atoms with E-state index in [9.17, 15) is 4.79 Å². The van der Waals surface area contributed by atoms with Crippen LogP contribution in [-0.4, -0.2) is 23.3 Å². The van der Waals surface area contributed by atoms with Crippen molar-refractivity contribution in [1.82, 2.24) is 0 Å². The van der Waals surface area contributed by atoms with E-state index in [1.54, 1.807) is 0 Å². The van der Waals surface area contributed by atoms with Gasteiger partial charge < -0.3 is 9.84 Å². The van der Waals surface area contributed by atoms with E-state index in [0.717, 1.165) is 24.9 Å². The monoisotopic (exact) mass is 322 g/mol. The third-order valence-electron chi connectivity index (χ3n) is 8.09. The second-order valence-electron chi connectivity index (χ2n) is 9.33. The molecule has 1 spiro atoms. The number of carbonyl (C=O) groups is 1. The number of aliphatic carboxylic acids is 1. The molecule has 2 saturated carbocycles. The summed E-state index contributed by atoms with van der Waals surface area (Å²) < 4.78 is 6.04. The van der Waals surface area contributed by atoms with Gasteiger partial charge in [0, 0.05) is 11.8 Å². The highest BCUT2D eigenvalue weighted by atomic mass is 16.6. The van der Waals surface area contributed by atoms with E-state index in [0.29, 0.717) is 17.3 Å². The highest BCUT2D eigenvalue weighted by Crippen LogP contribution is 2.68. The smallest absolute Gasteiger partial charge is 0.303 e. The number of hydrogen-bond acceptors (Lipinski definition) is 2. The van der Waals surface area contributed by atoms with E-state index < -0.39 is 5.97 Å². The van der Waals surface area contributed by atoms with Gasteiger partial charge in [0.05, 0.1) is 12.2 Å². The number of carboxylic acid groups (broad SMARTS) is 1. The molecule has 3 rings (SSSR count). The summed E-state index contributed by atoms with van der Waals surface area (Å²) in [5.74, 6) is 1.07. The molecule has 3 fully saturated rings. The van der Waals surface area contributed by atoms with E-state index >= 15 is 0 Å². The van der Waals surface area contributed by atoms with Crippen LogP contribution in [0.25, 0.3) is 0 Å². The third-order valence-corrected chi connectivity index (χ3v) is 8.09. The summed E-state index contributed by atoms with van der Waals surface area (Å²) in [4.78, 5) is 11.0. The summed E-state index contributed by atoms with van der Waals surface area (Å²) in [5.41, 5.74) is 0.853. The molecule has 0 unspecified atom stereocenters. The Morgan fingerprint density at radius 1 is 1.30 bits per heavy atom. The molecule has 3 heteroatoms. The molecule has 1 saturated heterocycles. The maximum absolute atomic E-state index is 11.0. The van der Waals surface area contributed by atoms with Crippen molar-refractivity contribution in [2.75, 3.05) is 6.61 Å². The average Bonchev–Trinajstić information content (AvgIpc) is 3.25. The Morgan fingerprint density at radius 2 is 2.00 bits per heavy atom. The Morgan fingerprint density at radius 3 is 2.61 bits per heavy atom. The lowest BCUT2D eigenvalue weighted by molar-refractivity contribution is -0.138. The molecule has 3 nitrogen and oxygen atoms in total. The fraction of sp³-hybridized carbons (Fsp3) is 0.950. The van der Waals surface area contributed by atoms with Crippen molar-refractivity contribution in [2.45, 2.75) is 84.7 Å². The molecule has 0 aromatic heterocycles. The van der Waals surface area contributed by atoms with Crippen molar-refractivity contribution in [3.05, 3.63) is 0 Å². The molecule has 2 aliphatic carbocycles. The Hall–Kier alpha value is -0.570. The van der Waals surface area contributed by atoms with E-state index in [1.807, 2.05) is 0 Å². The SMILES string of the molecule is C[C@@H](CC[C@@]1(C)[C@H](C)CC[C@]2(C)[C@@H]1CCC[C@@]21CO1)CC(=O)O. The Balaban J connectivity index is 1.77. The number of rotatable bonds is 5. The molecule has 0 bridgehead atoms. The van der Waals surface area contributed by atoms with Crippen LogP contribution < -0.4 is 0 Å². The van der Waals surface area contributed by atoms with Gasteiger partial charge in [0.2, 0.25) is 0 Å². The fourth-order valence-electron chi connectivity index (χ4n) is 6.10.